The Bertz CT molecular complexity index is 1040. The second-order valence-electron chi connectivity index (χ2n) is 6.71. The van der Waals surface area contributed by atoms with Gasteiger partial charge in [0.05, 0.1) is 18.7 Å². The van der Waals surface area contributed by atoms with Crippen LogP contribution in [0.1, 0.15) is 28.0 Å². The number of pyridine rings is 1. The molecule has 0 aliphatic carbocycles. The van der Waals surface area contributed by atoms with Crippen LogP contribution < -0.4 is 4.90 Å². The second-order valence-corrected chi connectivity index (χ2v) is 7.63. The molecule has 4 rings (SSSR count). The normalized spacial score (nSPS) is 18.2. The molecule has 0 bridgehead atoms. The van der Waals surface area contributed by atoms with Crippen molar-refractivity contribution in [1.29, 1.82) is 0 Å². The van der Waals surface area contributed by atoms with Crippen molar-refractivity contribution < 1.29 is 14.7 Å². The minimum absolute atomic E-state index is 0.224. The van der Waals surface area contributed by atoms with Crippen LogP contribution >= 0.6 is 15.9 Å². The number of hydrogen-bond acceptors (Lipinski definition) is 4. The third-order valence-corrected chi connectivity index (χ3v) is 5.34. The molecule has 0 unspecified atom stereocenters. The number of nitrogens with zero attached hydrogens (tertiary/aromatic N) is 2. The lowest BCUT2D eigenvalue weighted by atomic mass is 9.89. The van der Waals surface area contributed by atoms with E-state index in [9.17, 15) is 14.7 Å². The van der Waals surface area contributed by atoms with Crippen LogP contribution in [-0.2, 0) is 16.9 Å². The van der Waals surface area contributed by atoms with E-state index in [0.717, 1.165) is 10.0 Å². The zero-order valence-corrected chi connectivity index (χ0v) is 16.5. The number of aliphatic hydroxyl groups is 1. The third kappa shape index (κ3) is 3.25. The largest absolute Gasteiger partial charge is 0.375 e. The van der Waals surface area contributed by atoms with Gasteiger partial charge in [0.15, 0.2) is 11.4 Å². The number of anilines is 1. The van der Waals surface area contributed by atoms with Gasteiger partial charge in [0.1, 0.15) is 5.69 Å². The Morgan fingerprint density at radius 3 is 2.54 bits per heavy atom. The molecule has 6 heteroatoms. The molecule has 5 nitrogen and oxygen atoms in total. The molecule has 1 aliphatic rings. The van der Waals surface area contributed by atoms with E-state index in [2.05, 4.69) is 20.9 Å². The number of amides is 1. The molecule has 0 saturated heterocycles. The number of aromatic nitrogens is 1. The predicted molar refractivity (Wildman–Crippen MR) is 109 cm³/mol. The number of hydrogen-bond donors (Lipinski definition) is 1. The van der Waals surface area contributed by atoms with Crippen molar-refractivity contribution in [3.05, 3.63) is 94.2 Å². The fourth-order valence-electron chi connectivity index (χ4n) is 3.47. The maximum absolute atomic E-state index is 13.3. The van der Waals surface area contributed by atoms with Crippen LogP contribution in [-0.4, -0.2) is 21.8 Å². The van der Waals surface area contributed by atoms with E-state index in [0.29, 0.717) is 17.8 Å². The predicted octanol–water partition coefficient (Wildman–Crippen LogP) is 3.85. The van der Waals surface area contributed by atoms with Crippen molar-refractivity contribution in [2.75, 3.05) is 4.90 Å². The molecule has 1 N–H and O–H groups in total. The van der Waals surface area contributed by atoms with E-state index in [1.165, 1.54) is 11.1 Å². The molecule has 2 heterocycles. The highest BCUT2D eigenvalue weighted by atomic mass is 79.9. The summed E-state index contributed by atoms with van der Waals surface area (Å²) in [4.78, 5) is 31.5. The highest BCUT2D eigenvalue weighted by Crippen LogP contribution is 2.44. The fourth-order valence-corrected chi connectivity index (χ4v) is 3.83. The first kappa shape index (κ1) is 18.5. The van der Waals surface area contributed by atoms with Gasteiger partial charge in [-0.15, -0.1) is 0 Å². The van der Waals surface area contributed by atoms with Crippen molar-refractivity contribution >= 4 is 33.3 Å². The van der Waals surface area contributed by atoms with Gasteiger partial charge in [-0.1, -0.05) is 52.3 Å². The molecule has 0 spiro atoms. The zero-order chi connectivity index (χ0) is 19.7. The molecule has 0 saturated carbocycles. The minimum atomic E-state index is -1.93. The molecule has 140 valence electrons. The topological polar surface area (TPSA) is 70.5 Å². The summed E-state index contributed by atoms with van der Waals surface area (Å²) < 4.78 is 0.726. The summed E-state index contributed by atoms with van der Waals surface area (Å²) in [5, 5.41) is 11.4. The van der Waals surface area contributed by atoms with Crippen LogP contribution in [0, 0.1) is 0 Å². The summed E-state index contributed by atoms with van der Waals surface area (Å²) in [7, 11) is 0. The maximum Gasteiger partial charge on any atom is 0.264 e. The zero-order valence-electron chi connectivity index (χ0n) is 14.9. The number of rotatable bonds is 5. The summed E-state index contributed by atoms with van der Waals surface area (Å²) in [6.07, 6.45) is 1.15. The number of carbonyl (C=O) groups is 2. The van der Waals surface area contributed by atoms with Gasteiger partial charge in [0.2, 0.25) is 0 Å². The van der Waals surface area contributed by atoms with Gasteiger partial charge in [-0.2, -0.15) is 0 Å². The van der Waals surface area contributed by atoms with Crippen LogP contribution in [0.5, 0.6) is 0 Å². The highest BCUT2D eigenvalue weighted by molar-refractivity contribution is 9.10. The molecular weight excluding hydrogens is 420 g/mol. The van der Waals surface area contributed by atoms with E-state index in [1.54, 1.807) is 30.3 Å². The molecule has 1 amide bonds. The van der Waals surface area contributed by atoms with Crippen LogP contribution in [0.3, 0.4) is 0 Å². The number of fused-ring (bicyclic) bond motifs is 1. The standard InChI is InChI=1S/C22H17BrN2O3/c23-16-9-10-19-17(12-16)22(28,13-20(26)18-8-4-5-11-24-18)21(27)25(19)14-15-6-2-1-3-7-15/h1-12,28H,13-14H2/t22-/m0/s1. The maximum atomic E-state index is 13.3. The first-order valence-electron chi connectivity index (χ1n) is 8.81. The van der Waals surface area contributed by atoms with E-state index in [1.807, 2.05) is 36.4 Å². The molecule has 1 atom stereocenters. The molecule has 2 aromatic carbocycles. The summed E-state index contributed by atoms with van der Waals surface area (Å²) in [5.41, 5.74) is 0.259. The Kier molecular flexibility index (Phi) is 4.83. The Balaban J connectivity index is 1.72. The summed E-state index contributed by atoms with van der Waals surface area (Å²) in [6, 6.07) is 19.8. The first-order chi connectivity index (χ1) is 13.5. The van der Waals surface area contributed by atoms with Crippen LogP contribution in [0.2, 0.25) is 0 Å². The average molecular weight is 437 g/mol. The molecule has 1 aromatic heterocycles. The van der Waals surface area contributed by atoms with Crippen LogP contribution in [0.25, 0.3) is 0 Å². The second kappa shape index (κ2) is 7.30. The summed E-state index contributed by atoms with van der Waals surface area (Å²) >= 11 is 3.40. The Morgan fingerprint density at radius 1 is 1.07 bits per heavy atom. The Labute approximate surface area is 170 Å². The van der Waals surface area contributed by atoms with Gasteiger partial charge < -0.3 is 10.0 Å². The monoisotopic (exact) mass is 436 g/mol. The van der Waals surface area contributed by atoms with Crippen molar-refractivity contribution in [1.82, 2.24) is 4.98 Å². The van der Waals surface area contributed by atoms with E-state index in [-0.39, 0.29) is 17.9 Å². The van der Waals surface area contributed by atoms with E-state index in [4.69, 9.17) is 0 Å². The quantitative estimate of drug-likeness (QED) is 0.616. The molecule has 0 radical (unpaired) electrons. The number of Topliss-reactive ketones (excluding diaryl/α,β-unsaturated/α-hetero) is 1. The number of ketones is 1. The fraction of sp³-hybridized carbons (Fsp3) is 0.136. The van der Waals surface area contributed by atoms with Gasteiger partial charge in [0, 0.05) is 16.2 Å². The van der Waals surface area contributed by atoms with Crippen molar-refractivity contribution in [2.45, 2.75) is 18.6 Å². The molecular formula is C22H17BrN2O3. The smallest absolute Gasteiger partial charge is 0.264 e. The van der Waals surface area contributed by atoms with Crippen molar-refractivity contribution in [2.24, 2.45) is 0 Å². The van der Waals surface area contributed by atoms with Gasteiger partial charge in [-0.3, -0.25) is 14.6 Å². The van der Waals surface area contributed by atoms with E-state index >= 15 is 0 Å². The SMILES string of the molecule is O=C(C[C@@]1(O)C(=O)N(Cc2ccccc2)c2ccc(Br)cc21)c1ccccn1. The number of benzene rings is 2. The molecule has 1 aliphatic heterocycles. The van der Waals surface area contributed by atoms with Gasteiger partial charge >= 0.3 is 0 Å². The Morgan fingerprint density at radius 2 is 1.82 bits per heavy atom. The summed E-state index contributed by atoms with van der Waals surface area (Å²) in [6.45, 7) is 0.314. The molecule has 28 heavy (non-hydrogen) atoms. The summed E-state index contributed by atoms with van der Waals surface area (Å²) in [5.74, 6) is -0.891. The lowest BCUT2D eigenvalue weighted by molar-refractivity contribution is -0.136. The van der Waals surface area contributed by atoms with Crippen LogP contribution in [0.15, 0.2) is 77.4 Å². The molecule has 0 fully saturated rings. The first-order valence-corrected chi connectivity index (χ1v) is 9.61. The minimum Gasteiger partial charge on any atom is -0.375 e. The van der Waals surface area contributed by atoms with Crippen LogP contribution in [0.4, 0.5) is 5.69 Å². The lowest BCUT2D eigenvalue weighted by Crippen LogP contribution is -2.41. The van der Waals surface area contributed by atoms with Gasteiger partial charge in [-0.05, 0) is 35.9 Å². The van der Waals surface area contributed by atoms with Gasteiger partial charge in [-0.25, -0.2) is 0 Å². The van der Waals surface area contributed by atoms with E-state index < -0.39 is 11.5 Å². The average Bonchev–Trinajstić information content (AvgIpc) is 2.91. The Hall–Kier alpha value is -2.83. The molecule has 3 aromatic rings. The van der Waals surface area contributed by atoms with Crippen molar-refractivity contribution in [3.63, 3.8) is 0 Å². The highest BCUT2D eigenvalue weighted by Gasteiger charge is 2.51. The number of carbonyl (C=O) groups excluding carboxylic acids is 2. The van der Waals surface area contributed by atoms with Gasteiger partial charge in [0.25, 0.3) is 5.91 Å². The van der Waals surface area contributed by atoms with Crippen molar-refractivity contribution in [3.8, 4) is 0 Å². The lowest BCUT2D eigenvalue weighted by Gasteiger charge is -2.22. The third-order valence-electron chi connectivity index (χ3n) is 4.84. The number of halogens is 1.